The van der Waals surface area contributed by atoms with Crippen LogP contribution < -0.4 is 11.1 Å². The number of hydrogen-bond acceptors (Lipinski definition) is 6. The van der Waals surface area contributed by atoms with E-state index in [1.165, 1.54) is 13.2 Å². The summed E-state index contributed by atoms with van der Waals surface area (Å²) in [6, 6.07) is 3.15. The molecule has 2 rings (SSSR count). The SMILES string of the molecule is COC(=O)c1ccc(N)c(NCc2cn(C)nc2C)n1. The summed E-state index contributed by atoms with van der Waals surface area (Å²) in [4.78, 5) is 15.6. The van der Waals surface area contributed by atoms with E-state index in [1.54, 1.807) is 10.7 Å². The van der Waals surface area contributed by atoms with Gasteiger partial charge >= 0.3 is 5.97 Å². The molecule has 0 saturated heterocycles. The maximum absolute atomic E-state index is 11.4. The number of anilines is 2. The van der Waals surface area contributed by atoms with Gasteiger partial charge in [0.2, 0.25) is 0 Å². The van der Waals surface area contributed by atoms with Crippen molar-refractivity contribution in [1.82, 2.24) is 14.8 Å². The Morgan fingerprint density at radius 3 is 2.85 bits per heavy atom. The molecule has 106 valence electrons. The molecule has 2 aromatic heterocycles. The van der Waals surface area contributed by atoms with Crippen LogP contribution >= 0.6 is 0 Å². The number of carbonyl (C=O) groups excluding carboxylic acids is 1. The Morgan fingerprint density at radius 1 is 1.50 bits per heavy atom. The standard InChI is InChI=1S/C13H17N5O2/c1-8-9(7-18(2)17-8)6-15-12-10(14)4-5-11(16-12)13(19)20-3/h4-5,7H,6,14H2,1-3H3,(H,15,16). The number of nitrogens with one attached hydrogen (secondary N) is 1. The minimum absolute atomic E-state index is 0.215. The van der Waals surface area contributed by atoms with Crippen molar-refractivity contribution in [2.24, 2.45) is 7.05 Å². The Bertz CT molecular complexity index is 636. The third kappa shape index (κ3) is 2.87. The van der Waals surface area contributed by atoms with Crippen molar-refractivity contribution in [2.45, 2.75) is 13.5 Å². The highest BCUT2D eigenvalue weighted by Crippen LogP contribution is 2.17. The van der Waals surface area contributed by atoms with Crippen molar-refractivity contribution in [3.63, 3.8) is 0 Å². The molecule has 0 atom stereocenters. The molecule has 2 aromatic rings. The maximum atomic E-state index is 11.4. The van der Waals surface area contributed by atoms with Gasteiger partial charge in [0.05, 0.1) is 18.5 Å². The first kappa shape index (κ1) is 13.9. The number of pyridine rings is 1. The zero-order chi connectivity index (χ0) is 14.7. The zero-order valence-electron chi connectivity index (χ0n) is 11.7. The predicted octanol–water partition coefficient (Wildman–Crippen LogP) is 1.10. The number of nitrogen functional groups attached to an aromatic ring is 1. The molecule has 0 saturated carbocycles. The molecule has 0 spiro atoms. The van der Waals surface area contributed by atoms with Gasteiger partial charge < -0.3 is 15.8 Å². The molecule has 7 heteroatoms. The maximum Gasteiger partial charge on any atom is 0.356 e. The van der Waals surface area contributed by atoms with Crippen molar-refractivity contribution in [1.29, 1.82) is 0 Å². The Kier molecular flexibility index (Phi) is 3.88. The van der Waals surface area contributed by atoms with Crippen LogP contribution in [0.5, 0.6) is 0 Å². The van der Waals surface area contributed by atoms with E-state index in [2.05, 4.69) is 20.1 Å². The lowest BCUT2D eigenvalue weighted by molar-refractivity contribution is 0.0594. The van der Waals surface area contributed by atoms with Gasteiger partial charge in [-0.1, -0.05) is 0 Å². The third-order valence-electron chi connectivity index (χ3n) is 2.88. The number of rotatable bonds is 4. The molecular weight excluding hydrogens is 258 g/mol. The van der Waals surface area contributed by atoms with Crippen LogP contribution in [0.25, 0.3) is 0 Å². The fraction of sp³-hybridized carbons (Fsp3) is 0.308. The van der Waals surface area contributed by atoms with Gasteiger partial charge in [0.15, 0.2) is 5.69 Å². The normalized spacial score (nSPS) is 10.3. The lowest BCUT2D eigenvalue weighted by Crippen LogP contribution is -2.10. The minimum Gasteiger partial charge on any atom is -0.464 e. The van der Waals surface area contributed by atoms with Gasteiger partial charge in [0, 0.05) is 25.4 Å². The number of nitrogens with zero attached hydrogens (tertiary/aromatic N) is 3. The van der Waals surface area contributed by atoms with E-state index >= 15 is 0 Å². The molecule has 0 amide bonds. The van der Waals surface area contributed by atoms with Crippen LogP contribution in [0.3, 0.4) is 0 Å². The molecular formula is C13H17N5O2. The van der Waals surface area contributed by atoms with E-state index in [9.17, 15) is 4.79 Å². The van der Waals surface area contributed by atoms with Crippen LogP contribution in [0.4, 0.5) is 11.5 Å². The molecule has 0 aliphatic rings. The van der Waals surface area contributed by atoms with Gasteiger partial charge in [-0.05, 0) is 19.1 Å². The zero-order valence-corrected chi connectivity index (χ0v) is 11.7. The summed E-state index contributed by atoms with van der Waals surface area (Å²) >= 11 is 0. The summed E-state index contributed by atoms with van der Waals surface area (Å²) in [7, 11) is 3.17. The topological polar surface area (TPSA) is 95.1 Å². The largest absolute Gasteiger partial charge is 0.464 e. The third-order valence-corrected chi connectivity index (χ3v) is 2.88. The number of aryl methyl sites for hydroxylation is 2. The quantitative estimate of drug-likeness (QED) is 0.811. The van der Waals surface area contributed by atoms with Crippen molar-refractivity contribution < 1.29 is 9.53 Å². The molecule has 0 aliphatic carbocycles. The number of carbonyl (C=O) groups is 1. The average molecular weight is 275 g/mol. The molecule has 20 heavy (non-hydrogen) atoms. The molecule has 2 heterocycles. The smallest absolute Gasteiger partial charge is 0.356 e. The second-order valence-corrected chi connectivity index (χ2v) is 4.39. The summed E-state index contributed by atoms with van der Waals surface area (Å²) < 4.78 is 6.38. The van der Waals surface area contributed by atoms with Crippen molar-refractivity contribution in [3.05, 3.63) is 35.3 Å². The van der Waals surface area contributed by atoms with E-state index in [0.29, 0.717) is 18.1 Å². The Morgan fingerprint density at radius 2 is 2.25 bits per heavy atom. The fourth-order valence-corrected chi connectivity index (χ4v) is 1.83. The van der Waals surface area contributed by atoms with E-state index < -0.39 is 5.97 Å². The molecule has 0 radical (unpaired) electrons. The first-order valence-electron chi connectivity index (χ1n) is 6.09. The summed E-state index contributed by atoms with van der Waals surface area (Å²) in [6.45, 7) is 2.46. The van der Waals surface area contributed by atoms with Gasteiger partial charge in [0.1, 0.15) is 5.82 Å². The second-order valence-electron chi connectivity index (χ2n) is 4.39. The van der Waals surface area contributed by atoms with E-state index in [4.69, 9.17) is 5.73 Å². The summed E-state index contributed by atoms with van der Waals surface area (Å²) in [5.41, 5.74) is 8.50. The molecule has 0 aliphatic heterocycles. The van der Waals surface area contributed by atoms with Gasteiger partial charge in [-0.25, -0.2) is 9.78 Å². The summed E-state index contributed by atoms with van der Waals surface area (Å²) in [5.74, 6) is -0.0400. The van der Waals surface area contributed by atoms with E-state index in [0.717, 1.165) is 11.3 Å². The fourth-order valence-electron chi connectivity index (χ4n) is 1.83. The number of methoxy groups -OCH3 is 1. The number of aromatic nitrogens is 3. The molecule has 0 bridgehead atoms. The van der Waals surface area contributed by atoms with Crippen LogP contribution in [0, 0.1) is 6.92 Å². The second kappa shape index (κ2) is 5.60. The summed E-state index contributed by atoms with van der Waals surface area (Å²) in [5, 5.41) is 7.36. The van der Waals surface area contributed by atoms with Gasteiger partial charge in [-0.3, -0.25) is 4.68 Å². The number of nitrogens with two attached hydrogens (primary N) is 1. The number of esters is 1. The van der Waals surface area contributed by atoms with E-state index in [-0.39, 0.29) is 5.69 Å². The van der Waals surface area contributed by atoms with Crippen molar-refractivity contribution in [3.8, 4) is 0 Å². The number of ether oxygens (including phenoxy) is 1. The summed E-state index contributed by atoms with van der Waals surface area (Å²) in [6.07, 6.45) is 1.92. The van der Waals surface area contributed by atoms with Crippen LogP contribution in [-0.2, 0) is 18.3 Å². The number of hydrogen-bond donors (Lipinski definition) is 2. The lowest BCUT2D eigenvalue weighted by atomic mass is 10.2. The molecule has 0 aromatic carbocycles. The molecule has 7 nitrogen and oxygen atoms in total. The monoisotopic (exact) mass is 275 g/mol. The van der Waals surface area contributed by atoms with Crippen molar-refractivity contribution >= 4 is 17.5 Å². The molecule has 0 fully saturated rings. The van der Waals surface area contributed by atoms with Gasteiger partial charge in [-0.15, -0.1) is 0 Å². The van der Waals surface area contributed by atoms with Crippen LogP contribution in [0.1, 0.15) is 21.7 Å². The van der Waals surface area contributed by atoms with E-state index in [1.807, 2.05) is 20.2 Å². The first-order valence-corrected chi connectivity index (χ1v) is 6.09. The highest BCUT2D eigenvalue weighted by Gasteiger charge is 2.11. The van der Waals surface area contributed by atoms with Crippen LogP contribution in [-0.4, -0.2) is 27.8 Å². The predicted molar refractivity (Wildman–Crippen MR) is 75.3 cm³/mol. The van der Waals surface area contributed by atoms with Gasteiger partial charge in [0.25, 0.3) is 0 Å². The lowest BCUT2D eigenvalue weighted by Gasteiger charge is -2.09. The molecule has 3 N–H and O–H groups in total. The van der Waals surface area contributed by atoms with Crippen molar-refractivity contribution in [2.75, 3.05) is 18.2 Å². The Labute approximate surface area is 116 Å². The minimum atomic E-state index is -0.495. The van der Waals surface area contributed by atoms with Crippen LogP contribution in [0.15, 0.2) is 18.3 Å². The first-order chi connectivity index (χ1) is 9.51. The molecule has 0 unspecified atom stereocenters. The average Bonchev–Trinajstić information content (AvgIpc) is 2.75. The van der Waals surface area contributed by atoms with Crippen LogP contribution in [0.2, 0.25) is 0 Å². The van der Waals surface area contributed by atoms with Gasteiger partial charge in [-0.2, -0.15) is 5.10 Å². The Balaban J connectivity index is 2.16. The highest BCUT2D eigenvalue weighted by atomic mass is 16.5. The Hall–Kier alpha value is -2.57. The highest BCUT2D eigenvalue weighted by molar-refractivity contribution is 5.88.